The van der Waals surface area contributed by atoms with Crippen LogP contribution in [-0.2, 0) is 10.8 Å². The van der Waals surface area contributed by atoms with Crippen LogP contribution in [0.4, 0.5) is 4.39 Å². The van der Waals surface area contributed by atoms with Gasteiger partial charge in [-0.05, 0) is 65.3 Å². The molecular weight excluding hydrogens is 371 g/mol. The normalized spacial score (nSPS) is 11.1. The van der Waals surface area contributed by atoms with Gasteiger partial charge in [0.05, 0.1) is 0 Å². The van der Waals surface area contributed by atoms with Gasteiger partial charge in [-0.15, -0.1) is 0 Å². The Morgan fingerprint density at radius 1 is 0.567 bits per heavy atom. The molecule has 0 amide bonds. The third-order valence-electron chi connectivity index (χ3n) is 4.69. The van der Waals surface area contributed by atoms with E-state index >= 15 is 0 Å². The quantitative estimate of drug-likeness (QED) is 0.411. The maximum atomic E-state index is 12.5. The zero-order valence-corrected chi connectivity index (χ0v) is 18.7. The molecule has 0 aromatic heterocycles. The van der Waals surface area contributed by atoms with E-state index < -0.39 is 0 Å². The van der Waals surface area contributed by atoms with Crippen LogP contribution in [0.1, 0.15) is 65.7 Å². The molecule has 0 bridgehead atoms. The van der Waals surface area contributed by atoms with Gasteiger partial charge in [-0.25, -0.2) is 4.39 Å². The van der Waals surface area contributed by atoms with Gasteiger partial charge in [0.15, 0.2) is 0 Å². The first kappa shape index (κ1) is 25.4. The lowest BCUT2D eigenvalue weighted by Gasteiger charge is -2.19. The molecule has 2 heteroatoms. The zero-order chi connectivity index (χ0) is 21.7. The van der Waals surface area contributed by atoms with Crippen LogP contribution in [0.25, 0.3) is 0 Å². The molecule has 0 aliphatic carbocycles. The van der Waals surface area contributed by atoms with Gasteiger partial charge in [0.1, 0.15) is 17.3 Å². The SMILES string of the molecule is C.CC(C)(C)c1ccc(F)cc1.Cc1ccc(Oc2ccc(C(C)(C)C)cc2)cc1. The van der Waals surface area contributed by atoms with Crippen molar-refractivity contribution in [3.8, 4) is 11.5 Å². The van der Waals surface area contributed by atoms with Crippen molar-refractivity contribution in [2.75, 3.05) is 0 Å². The molecule has 1 nitrogen and oxygen atoms in total. The minimum atomic E-state index is -0.169. The van der Waals surface area contributed by atoms with Crippen LogP contribution in [0.3, 0.4) is 0 Å². The highest BCUT2D eigenvalue weighted by molar-refractivity contribution is 5.36. The largest absolute Gasteiger partial charge is 0.457 e. The van der Waals surface area contributed by atoms with Crippen LogP contribution >= 0.6 is 0 Å². The average Bonchev–Trinajstić information content (AvgIpc) is 2.63. The molecule has 0 aliphatic heterocycles. The molecule has 0 unspecified atom stereocenters. The zero-order valence-electron chi connectivity index (χ0n) is 18.7. The number of hydrogen-bond acceptors (Lipinski definition) is 1. The summed E-state index contributed by atoms with van der Waals surface area (Å²) in [4.78, 5) is 0. The molecule has 0 saturated heterocycles. The van der Waals surface area contributed by atoms with Gasteiger partial charge < -0.3 is 4.74 Å². The molecule has 0 atom stereocenters. The average molecular weight is 409 g/mol. The van der Waals surface area contributed by atoms with Gasteiger partial charge in [-0.3, -0.25) is 0 Å². The van der Waals surface area contributed by atoms with Gasteiger partial charge >= 0.3 is 0 Å². The second-order valence-corrected chi connectivity index (χ2v) is 9.45. The summed E-state index contributed by atoms with van der Waals surface area (Å²) in [6, 6.07) is 23.1. The molecular formula is C28H37FO. The Labute approximate surface area is 182 Å². The fourth-order valence-corrected chi connectivity index (χ4v) is 2.72. The monoisotopic (exact) mass is 408 g/mol. The van der Waals surface area contributed by atoms with Crippen LogP contribution in [0.15, 0.2) is 72.8 Å². The van der Waals surface area contributed by atoms with Gasteiger partial charge in [0.2, 0.25) is 0 Å². The fraction of sp³-hybridized carbons (Fsp3) is 0.357. The van der Waals surface area contributed by atoms with Crippen LogP contribution < -0.4 is 4.74 Å². The van der Waals surface area contributed by atoms with E-state index in [1.807, 2.05) is 36.4 Å². The fourth-order valence-electron chi connectivity index (χ4n) is 2.72. The van der Waals surface area contributed by atoms with E-state index in [9.17, 15) is 4.39 Å². The van der Waals surface area contributed by atoms with Gasteiger partial charge in [0, 0.05) is 0 Å². The third kappa shape index (κ3) is 8.02. The number of benzene rings is 3. The predicted octanol–water partition coefficient (Wildman–Crippen LogP) is 8.84. The Kier molecular flexibility index (Phi) is 8.84. The van der Waals surface area contributed by atoms with Crippen LogP contribution in [-0.4, -0.2) is 0 Å². The summed E-state index contributed by atoms with van der Waals surface area (Å²) in [5, 5.41) is 0. The molecule has 0 saturated carbocycles. The lowest BCUT2D eigenvalue weighted by molar-refractivity contribution is 0.481. The Bertz CT molecular complexity index is 878. The summed E-state index contributed by atoms with van der Waals surface area (Å²) in [7, 11) is 0. The maximum Gasteiger partial charge on any atom is 0.127 e. The number of hydrogen-bond donors (Lipinski definition) is 0. The van der Waals surface area contributed by atoms with Crippen LogP contribution in [0.2, 0.25) is 0 Å². The summed E-state index contributed by atoms with van der Waals surface area (Å²) >= 11 is 0. The highest BCUT2D eigenvalue weighted by atomic mass is 19.1. The van der Waals surface area contributed by atoms with Gasteiger partial charge in [0.25, 0.3) is 0 Å². The van der Waals surface area contributed by atoms with Crippen molar-refractivity contribution >= 4 is 0 Å². The Morgan fingerprint density at radius 3 is 1.27 bits per heavy atom. The summed E-state index contributed by atoms with van der Waals surface area (Å²) in [6.45, 7) is 15.0. The van der Waals surface area contributed by atoms with Crippen molar-refractivity contribution < 1.29 is 9.13 Å². The first-order valence-electron chi connectivity index (χ1n) is 10.1. The minimum Gasteiger partial charge on any atom is -0.457 e. The summed E-state index contributed by atoms with van der Waals surface area (Å²) in [5.41, 5.74) is 4.03. The van der Waals surface area contributed by atoms with Crippen molar-refractivity contribution in [3.05, 3.63) is 95.3 Å². The van der Waals surface area contributed by atoms with Crippen molar-refractivity contribution in [2.45, 2.75) is 66.7 Å². The number of aryl methyl sites for hydroxylation is 1. The van der Waals surface area contributed by atoms with Gasteiger partial charge in [-0.2, -0.15) is 0 Å². The number of halogens is 1. The van der Waals surface area contributed by atoms with Crippen molar-refractivity contribution in [1.29, 1.82) is 0 Å². The van der Waals surface area contributed by atoms with E-state index in [1.54, 1.807) is 0 Å². The number of rotatable bonds is 2. The molecule has 30 heavy (non-hydrogen) atoms. The molecule has 0 N–H and O–H groups in total. The lowest BCUT2D eigenvalue weighted by Crippen LogP contribution is -2.10. The molecule has 3 aromatic carbocycles. The molecule has 3 aromatic rings. The molecule has 162 valence electrons. The number of ether oxygens (including phenoxy) is 1. The van der Waals surface area contributed by atoms with Crippen molar-refractivity contribution in [2.24, 2.45) is 0 Å². The van der Waals surface area contributed by atoms with Crippen LogP contribution in [0, 0.1) is 12.7 Å². The van der Waals surface area contributed by atoms with Crippen molar-refractivity contribution in [1.82, 2.24) is 0 Å². The van der Waals surface area contributed by atoms with E-state index in [0.717, 1.165) is 11.5 Å². The summed E-state index contributed by atoms with van der Waals surface area (Å²) in [6.07, 6.45) is 0. The summed E-state index contributed by atoms with van der Waals surface area (Å²) in [5.74, 6) is 1.59. The van der Waals surface area contributed by atoms with E-state index in [4.69, 9.17) is 4.74 Å². The first-order valence-corrected chi connectivity index (χ1v) is 10.1. The molecule has 0 heterocycles. The Hall–Kier alpha value is -2.61. The second-order valence-electron chi connectivity index (χ2n) is 9.45. The third-order valence-corrected chi connectivity index (χ3v) is 4.69. The highest BCUT2D eigenvalue weighted by Gasteiger charge is 2.13. The lowest BCUT2D eigenvalue weighted by atomic mass is 9.87. The van der Waals surface area contributed by atoms with Gasteiger partial charge in [-0.1, -0.05) is 90.9 Å². The minimum absolute atomic E-state index is 0. The maximum absolute atomic E-state index is 12.5. The first-order chi connectivity index (χ1) is 13.4. The molecule has 0 fully saturated rings. The highest BCUT2D eigenvalue weighted by Crippen LogP contribution is 2.27. The molecule has 0 aliphatic rings. The van der Waals surface area contributed by atoms with Crippen LogP contribution in [0.5, 0.6) is 11.5 Å². The van der Waals surface area contributed by atoms with E-state index in [2.05, 4.69) is 72.7 Å². The molecule has 0 radical (unpaired) electrons. The smallest absolute Gasteiger partial charge is 0.127 e. The van der Waals surface area contributed by atoms with Crippen molar-refractivity contribution in [3.63, 3.8) is 0 Å². The molecule has 3 rings (SSSR count). The Morgan fingerprint density at radius 2 is 0.900 bits per heavy atom. The van der Waals surface area contributed by atoms with E-state index in [-0.39, 0.29) is 24.1 Å². The molecule has 0 spiro atoms. The summed E-state index contributed by atoms with van der Waals surface area (Å²) < 4.78 is 18.3. The predicted molar refractivity (Wildman–Crippen MR) is 128 cm³/mol. The Balaban J connectivity index is 0.000000324. The topological polar surface area (TPSA) is 9.23 Å². The standard InChI is InChI=1S/C17H20O.C10H13F.CH4/c1-13-5-9-15(10-6-13)18-16-11-7-14(8-12-16)17(2,3)4;1-10(2,3)8-4-6-9(11)7-5-8;/h5-12H,1-4H3;4-7H,1-3H3;1H4. The second kappa shape index (κ2) is 10.4. The van der Waals surface area contributed by atoms with E-state index in [0.29, 0.717) is 0 Å². The van der Waals surface area contributed by atoms with E-state index in [1.165, 1.54) is 28.8 Å².